The number of aryl methyl sites for hydroxylation is 1. The fraction of sp³-hybridized carbons (Fsp3) is 0.469. The van der Waals surface area contributed by atoms with Gasteiger partial charge in [-0.1, -0.05) is 51.5 Å². The van der Waals surface area contributed by atoms with E-state index >= 15 is 0 Å². The van der Waals surface area contributed by atoms with Crippen molar-refractivity contribution in [2.24, 2.45) is 0 Å². The average molecular weight is 648 g/mol. The highest BCUT2D eigenvalue weighted by Crippen LogP contribution is 2.16. The third kappa shape index (κ3) is 11.0. The molecule has 3 rings (SSSR count). The topological polar surface area (TPSA) is 153 Å². The molecule has 45 heavy (non-hydrogen) atoms. The van der Waals surface area contributed by atoms with E-state index in [1.807, 2.05) is 38.1 Å². The van der Waals surface area contributed by atoms with Crippen LogP contribution in [0.2, 0.25) is 0 Å². The Bertz CT molecular complexity index is 1480. The monoisotopic (exact) mass is 647 g/mol. The minimum atomic E-state index is -3.84. The van der Waals surface area contributed by atoms with Crippen LogP contribution >= 0.6 is 0 Å². The van der Waals surface area contributed by atoms with E-state index in [0.717, 1.165) is 29.7 Å². The van der Waals surface area contributed by atoms with Gasteiger partial charge in [0.15, 0.2) is 9.84 Å². The zero-order valence-corrected chi connectivity index (χ0v) is 26.7. The molecule has 0 aliphatic rings. The molecule has 0 fully saturated rings. The van der Waals surface area contributed by atoms with E-state index in [1.54, 1.807) is 6.92 Å². The molecule has 246 valence electrons. The summed E-state index contributed by atoms with van der Waals surface area (Å²) < 4.78 is 54.8. The number of H-pyrrole nitrogens is 1. The predicted molar refractivity (Wildman–Crippen MR) is 168 cm³/mol. The SMILES string of the molecule is CCCC(CC)S(=O)(=O)C[C@H](NC(=O)c1cn[nH]c1)C(=O)N[C@@H](Cc1cc(F)cc(F)c1)[C@H](O)CNCc1cccc(CC)c1. The number of aliphatic hydroxyl groups is 1. The molecule has 0 saturated heterocycles. The van der Waals surface area contributed by atoms with Gasteiger partial charge in [-0.2, -0.15) is 5.10 Å². The van der Waals surface area contributed by atoms with Gasteiger partial charge in [0.2, 0.25) is 5.91 Å². The molecule has 0 aliphatic heterocycles. The lowest BCUT2D eigenvalue weighted by molar-refractivity contribution is -0.124. The molecule has 0 aliphatic carbocycles. The van der Waals surface area contributed by atoms with Gasteiger partial charge < -0.3 is 21.1 Å². The Labute approximate surface area is 263 Å². The lowest BCUT2D eigenvalue weighted by Gasteiger charge is -2.28. The number of aromatic amines is 1. The Hall–Kier alpha value is -3.68. The molecule has 1 unspecified atom stereocenters. The maximum Gasteiger partial charge on any atom is 0.255 e. The van der Waals surface area contributed by atoms with Crippen LogP contribution in [0.3, 0.4) is 0 Å². The zero-order chi connectivity index (χ0) is 33.0. The molecular formula is C32H43F2N5O5S. The first kappa shape index (κ1) is 35.8. The van der Waals surface area contributed by atoms with E-state index in [9.17, 15) is 31.9 Å². The number of aliphatic hydroxyl groups excluding tert-OH is 1. The molecule has 10 nitrogen and oxygen atoms in total. The normalized spacial score (nSPS) is 14.4. The second-order valence-corrected chi connectivity index (χ2v) is 13.5. The van der Waals surface area contributed by atoms with Crippen molar-refractivity contribution >= 4 is 21.7 Å². The van der Waals surface area contributed by atoms with Gasteiger partial charge in [-0.15, -0.1) is 0 Å². The van der Waals surface area contributed by atoms with Gasteiger partial charge in [0.1, 0.15) is 17.7 Å². The minimum absolute atomic E-state index is 0.00213. The molecule has 4 atom stereocenters. The van der Waals surface area contributed by atoms with Crippen molar-refractivity contribution < 1.29 is 31.9 Å². The van der Waals surface area contributed by atoms with Gasteiger partial charge in [-0.3, -0.25) is 14.7 Å². The number of nitrogens with one attached hydrogen (secondary N) is 4. The summed E-state index contributed by atoms with van der Waals surface area (Å²) in [6.07, 6.45) is 3.32. The lowest BCUT2D eigenvalue weighted by atomic mass is 10.00. The number of carbonyl (C=O) groups excluding carboxylic acids is 2. The summed E-state index contributed by atoms with van der Waals surface area (Å²) in [5, 5.41) is 25.0. The molecule has 0 saturated carbocycles. The Morgan fingerprint density at radius 3 is 2.33 bits per heavy atom. The molecule has 0 spiro atoms. The summed E-state index contributed by atoms with van der Waals surface area (Å²) >= 11 is 0. The van der Waals surface area contributed by atoms with E-state index in [2.05, 4.69) is 26.1 Å². The number of aromatic nitrogens is 2. The summed E-state index contributed by atoms with van der Waals surface area (Å²) in [5.41, 5.74) is 2.40. The summed E-state index contributed by atoms with van der Waals surface area (Å²) in [6.45, 7) is 6.06. The largest absolute Gasteiger partial charge is 0.390 e. The minimum Gasteiger partial charge on any atom is -0.390 e. The first-order valence-corrected chi connectivity index (χ1v) is 16.9. The number of carbonyl (C=O) groups is 2. The van der Waals surface area contributed by atoms with E-state index in [0.29, 0.717) is 31.9 Å². The van der Waals surface area contributed by atoms with Crippen LogP contribution < -0.4 is 16.0 Å². The Balaban J connectivity index is 1.85. The molecule has 13 heteroatoms. The van der Waals surface area contributed by atoms with Crippen molar-refractivity contribution in [1.82, 2.24) is 26.1 Å². The fourth-order valence-electron chi connectivity index (χ4n) is 5.14. The van der Waals surface area contributed by atoms with E-state index in [-0.39, 0.29) is 24.1 Å². The molecule has 0 radical (unpaired) electrons. The van der Waals surface area contributed by atoms with Crippen LogP contribution in [0.1, 0.15) is 67.1 Å². The quantitative estimate of drug-likeness (QED) is 0.142. The van der Waals surface area contributed by atoms with Crippen molar-refractivity contribution in [3.05, 3.63) is 88.7 Å². The highest BCUT2D eigenvalue weighted by atomic mass is 32.2. The Morgan fingerprint density at radius 1 is 1.00 bits per heavy atom. The highest BCUT2D eigenvalue weighted by molar-refractivity contribution is 7.92. The molecule has 2 aromatic carbocycles. The number of halogens is 2. The maximum atomic E-state index is 14.0. The molecule has 1 heterocycles. The summed E-state index contributed by atoms with van der Waals surface area (Å²) in [6, 6.07) is 8.20. The van der Waals surface area contributed by atoms with Gasteiger partial charge in [-0.25, -0.2) is 17.2 Å². The van der Waals surface area contributed by atoms with Crippen molar-refractivity contribution in [2.75, 3.05) is 12.3 Å². The first-order chi connectivity index (χ1) is 21.4. The molecule has 5 N–H and O–H groups in total. The average Bonchev–Trinajstić information content (AvgIpc) is 3.54. The van der Waals surface area contributed by atoms with E-state index in [4.69, 9.17) is 0 Å². The van der Waals surface area contributed by atoms with Gasteiger partial charge in [0.05, 0.1) is 34.9 Å². The zero-order valence-electron chi connectivity index (χ0n) is 25.9. The second kappa shape index (κ2) is 17.1. The predicted octanol–water partition coefficient (Wildman–Crippen LogP) is 3.22. The van der Waals surface area contributed by atoms with E-state index < -0.39 is 62.5 Å². The Morgan fingerprint density at radius 2 is 1.71 bits per heavy atom. The van der Waals surface area contributed by atoms with Gasteiger partial charge in [0, 0.05) is 25.4 Å². The third-order valence-electron chi connectivity index (χ3n) is 7.61. The number of rotatable bonds is 18. The Kier molecular flexibility index (Phi) is 13.6. The van der Waals surface area contributed by atoms with Crippen LogP contribution in [0, 0.1) is 11.6 Å². The lowest BCUT2D eigenvalue weighted by Crippen LogP contribution is -2.57. The number of sulfone groups is 1. The molecule has 3 aromatic rings. The van der Waals surface area contributed by atoms with Crippen LogP contribution in [0.5, 0.6) is 0 Å². The van der Waals surface area contributed by atoms with Crippen LogP contribution in [-0.2, 0) is 34.0 Å². The number of nitrogens with zero attached hydrogens (tertiary/aromatic N) is 1. The molecule has 0 bridgehead atoms. The standard InChI is InChI=1S/C32H43F2N5O5S/c1-4-8-27(6-3)45(43,44)20-29(39-31(41)24-17-36-37-18-24)32(42)38-28(14-23-12-25(33)15-26(34)13-23)30(40)19-35-16-22-10-7-9-21(5-2)11-22/h7,9-13,15,17-18,27-30,35,40H,4-6,8,14,16,19-20H2,1-3H3,(H,36,37)(H,38,42)(H,39,41)/t27?,28-,29-,30+/m0/s1. The van der Waals surface area contributed by atoms with Crippen LogP contribution in [0.4, 0.5) is 8.78 Å². The van der Waals surface area contributed by atoms with Crippen LogP contribution in [-0.4, -0.2) is 71.3 Å². The third-order valence-corrected chi connectivity index (χ3v) is 9.99. The molecule has 2 amide bonds. The first-order valence-electron chi connectivity index (χ1n) is 15.2. The van der Waals surface area contributed by atoms with Crippen molar-refractivity contribution in [2.45, 2.75) is 82.9 Å². The highest BCUT2D eigenvalue weighted by Gasteiger charge is 2.34. The number of hydrogen-bond acceptors (Lipinski definition) is 7. The number of hydrogen-bond donors (Lipinski definition) is 5. The van der Waals surface area contributed by atoms with Crippen molar-refractivity contribution in [3.63, 3.8) is 0 Å². The summed E-state index contributed by atoms with van der Waals surface area (Å²) in [7, 11) is -3.84. The maximum absolute atomic E-state index is 14.0. The summed E-state index contributed by atoms with van der Waals surface area (Å²) in [4.78, 5) is 26.6. The van der Waals surface area contributed by atoms with Crippen molar-refractivity contribution in [3.8, 4) is 0 Å². The number of amides is 2. The van der Waals surface area contributed by atoms with Crippen LogP contribution in [0.15, 0.2) is 54.9 Å². The smallest absolute Gasteiger partial charge is 0.255 e. The fourth-order valence-corrected chi connectivity index (χ4v) is 7.22. The van der Waals surface area contributed by atoms with Crippen LogP contribution in [0.25, 0.3) is 0 Å². The second-order valence-electron chi connectivity index (χ2n) is 11.1. The molecular weight excluding hydrogens is 604 g/mol. The molecule has 1 aromatic heterocycles. The summed E-state index contributed by atoms with van der Waals surface area (Å²) in [5.74, 6) is -3.90. The number of benzene rings is 2. The van der Waals surface area contributed by atoms with Gasteiger partial charge in [0.25, 0.3) is 5.91 Å². The van der Waals surface area contributed by atoms with E-state index in [1.165, 1.54) is 12.4 Å². The van der Waals surface area contributed by atoms with Crippen molar-refractivity contribution in [1.29, 1.82) is 0 Å². The van der Waals surface area contributed by atoms with Gasteiger partial charge >= 0.3 is 0 Å². The van der Waals surface area contributed by atoms with Gasteiger partial charge in [-0.05, 0) is 54.5 Å².